The molecule has 21 heavy (non-hydrogen) atoms. The van der Waals surface area contributed by atoms with Crippen LogP contribution in [-0.4, -0.2) is 26.2 Å². The van der Waals surface area contributed by atoms with Crippen LogP contribution in [0, 0.1) is 5.41 Å². The fraction of sp³-hybridized carbons (Fsp3) is 0.706. The van der Waals surface area contributed by atoms with Gasteiger partial charge in [0.05, 0.1) is 14.2 Å². The number of carbonyl (C=O) groups excluding carboxylic acids is 2. The van der Waals surface area contributed by atoms with Crippen LogP contribution in [0.2, 0.25) is 0 Å². The zero-order valence-corrected chi connectivity index (χ0v) is 13.7. The van der Waals surface area contributed by atoms with Crippen molar-refractivity contribution >= 4 is 11.9 Å². The van der Waals surface area contributed by atoms with E-state index >= 15 is 0 Å². The van der Waals surface area contributed by atoms with Crippen LogP contribution < -0.4 is 0 Å². The Hall–Kier alpha value is -1.54. The van der Waals surface area contributed by atoms with Crippen molar-refractivity contribution in [2.24, 2.45) is 5.41 Å². The molecule has 0 rings (SSSR count). The molecule has 0 aliphatic heterocycles. The monoisotopic (exact) mass is 296 g/mol. The third-order valence-corrected chi connectivity index (χ3v) is 3.47. The largest absolute Gasteiger partial charge is 0.468 e. The van der Waals surface area contributed by atoms with Crippen molar-refractivity contribution in [3.8, 4) is 0 Å². The van der Waals surface area contributed by atoms with Crippen molar-refractivity contribution in [3.05, 3.63) is 17.9 Å². The number of unbranched alkanes of at least 4 members (excludes halogenated alkanes) is 5. The molecular weight excluding hydrogens is 268 g/mol. The van der Waals surface area contributed by atoms with Gasteiger partial charge < -0.3 is 9.47 Å². The van der Waals surface area contributed by atoms with E-state index in [1.807, 2.05) is 6.08 Å². The molecule has 0 saturated heterocycles. The highest BCUT2D eigenvalue weighted by Crippen LogP contribution is 2.25. The van der Waals surface area contributed by atoms with Crippen LogP contribution in [0.1, 0.15) is 58.8 Å². The van der Waals surface area contributed by atoms with E-state index in [1.165, 1.54) is 46.8 Å². The number of methoxy groups -OCH3 is 2. The van der Waals surface area contributed by atoms with E-state index in [9.17, 15) is 9.59 Å². The minimum absolute atomic E-state index is 0.221. The highest BCUT2D eigenvalue weighted by molar-refractivity contribution is 5.99. The van der Waals surface area contributed by atoms with Gasteiger partial charge >= 0.3 is 11.9 Å². The van der Waals surface area contributed by atoms with Crippen LogP contribution in [0.3, 0.4) is 0 Å². The number of esters is 2. The molecule has 0 bridgehead atoms. The summed E-state index contributed by atoms with van der Waals surface area (Å²) in [5.41, 5.74) is 1.72. The maximum Gasteiger partial charge on any atom is 0.323 e. The first-order valence-electron chi connectivity index (χ1n) is 7.59. The zero-order chi connectivity index (χ0) is 16.1. The van der Waals surface area contributed by atoms with Gasteiger partial charge in [-0.25, -0.2) is 0 Å². The Kier molecular flexibility index (Phi) is 10.3. The number of rotatable bonds is 10. The summed E-state index contributed by atoms with van der Waals surface area (Å²) in [6, 6.07) is 0. The minimum Gasteiger partial charge on any atom is -0.468 e. The second kappa shape index (κ2) is 11.2. The second-order valence-corrected chi connectivity index (χ2v) is 5.30. The summed E-state index contributed by atoms with van der Waals surface area (Å²) in [5.74, 6) is -1.18. The van der Waals surface area contributed by atoms with Crippen LogP contribution in [0.25, 0.3) is 0 Å². The minimum atomic E-state index is -1.30. The van der Waals surface area contributed by atoms with Gasteiger partial charge in [0, 0.05) is 0 Å². The molecular formula is C17H28O4. The normalized spacial score (nSPS) is 10.5. The lowest BCUT2D eigenvalue weighted by atomic mass is 9.87. The Balaban J connectivity index is 4.32. The van der Waals surface area contributed by atoms with E-state index in [2.05, 4.69) is 22.1 Å². The zero-order valence-electron chi connectivity index (χ0n) is 13.7. The maximum absolute atomic E-state index is 11.7. The summed E-state index contributed by atoms with van der Waals surface area (Å²) in [7, 11) is 2.53. The van der Waals surface area contributed by atoms with Gasteiger partial charge in [0.1, 0.15) is 0 Å². The molecule has 0 atom stereocenters. The third-order valence-electron chi connectivity index (χ3n) is 3.47. The smallest absolute Gasteiger partial charge is 0.323 e. The van der Waals surface area contributed by atoms with E-state index in [1.54, 1.807) is 6.08 Å². The van der Waals surface area contributed by atoms with Crippen molar-refractivity contribution in [1.82, 2.24) is 0 Å². The molecule has 0 spiro atoms. The summed E-state index contributed by atoms with van der Waals surface area (Å²) in [5, 5.41) is 0. The molecule has 0 N–H and O–H groups in total. The Morgan fingerprint density at radius 3 is 2.10 bits per heavy atom. The van der Waals surface area contributed by atoms with Gasteiger partial charge in [-0.3, -0.25) is 9.59 Å². The summed E-state index contributed by atoms with van der Waals surface area (Å²) in [6.07, 6.45) is 11.0. The Morgan fingerprint density at radius 2 is 1.57 bits per heavy atom. The molecule has 120 valence electrons. The average Bonchev–Trinajstić information content (AvgIpc) is 2.51. The van der Waals surface area contributed by atoms with E-state index < -0.39 is 17.4 Å². The van der Waals surface area contributed by atoms with Gasteiger partial charge in [0.2, 0.25) is 0 Å². The van der Waals surface area contributed by atoms with Crippen LogP contribution in [0.5, 0.6) is 0 Å². The fourth-order valence-electron chi connectivity index (χ4n) is 1.98. The highest BCUT2D eigenvalue weighted by Gasteiger charge is 2.42. The SMILES string of the molecule is CCCCCCCC=C=CCC(C)(C(=O)OC)C(=O)OC. The maximum atomic E-state index is 11.7. The van der Waals surface area contributed by atoms with Crippen LogP contribution >= 0.6 is 0 Å². The predicted molar refractivity (Wildman–Crippen MR) is 82.8 cm³/mol. The van der Waals surface area contributed by atoms with Gasteiger partial charge in [-0.2, -0.15) is 0 Å². The molecule has 4 heteroatoms. The van der Waals surface area contributed by atoms with Gasteiger partial charge in [0.25, 0.3) is 0 Å². The van der Waals surface area contributed by atoms with Gasteiger partial charge in [-0.15, -0.1) is 5.73 Å². The molecule has 0 aromatic carbocycles. The topological polar surface area (TPSA) is 52.6 Å². The van der Waals surface area contributed by atoms with E-state index in [0.29, 0.717) is 0 Å². The Morgan fingerprint density at radius 1 is 1.00 bits per heavy atom. The van der Waals surface area contributed by atoms with Crippen molar-refractivity contribution in [2.75, 3.05) is 14.2 Å². The molecule has 4 nitrogen and oxygen atoms in total. The molecule has 0 unspecified atom stereocenters. The van der Waals surface area contributed by atoms with Crippen molar-refractivity contribution in [2.45, 2.75) is 58.8 Å². The van der Waals surface area contributed by atoms with Gasteiger partial charge in [0.15, 0.2) is 5.41 Å². The van der Waals surface area contributed by atoms with E-state index in [0.717, 1.165) is 12.8 Å². The lowest BCUT2D eigenvalue weighted by Crippen LogP contribution is -2.38. The molecule has 0 aromatic heterocycles. The summed E-state index contributed by atoms with van der Waals surface area (Å²) in [4.78, 5) is 23.4. The summed E-state index contributed by atoms with van der Waals surface area (Å²) >= 11 is 0. The van der Waals surface area contributed by atoms with Gasteiger partial charge in [-0.05, 0) is 38.3 Å². The predicted octanol–water partition coefficient (Wildman–Crippen LogP) is 3.80. The van der Waals surface area contributed by atoms with Gasteiger partial charge in [-0.1, -0.05) is 32.6 Å². The molecule has 0 aliphatic rings. The summed E-state index contributed by atoms with van der Waals surface area (Å²) < 4.78 is 9.35. The fourth-order valence-corrected chi connectivity index (χ4v) is 1.98. The molecule has 0 saturated carbocycles. The summed E-state index contributed by atoms with van der Waals surface area (Å²) in [6.45, 7) is 3.72. The first-order valence-corrected chi connectivity index (χ1v) is 7.59. The van der Waals surface area contributed by atoms with Crippen LogP contribution in [0.15, 0.2) is 17.9 Å². The standard InChI is InChI=1S/C17H28O4/c1-5-6-7-8-9-10-11-12-13-14-17(2,15(18)20-3)16(19)21-4/h11,13H,5-10,14H2,1-4H3. The van der Waals surface area contributed by atoms with E-state index in [4.69, 9.17) is 0 Å². The lowest BCUT2D eigenvalue weighted by Gasteiger charge is -2.21. The van der Waals surface area contributed by atoms with Crippen molar-refractivity contribution in [3.63, 3.8) is 0 Å². The Labute approximate surface area is 128 Å². The molecule has 0 amide bonds. The quantitative estimate of drug-likeness (QED) is 0.266. The molecule has 0 radical (unpaired) electrons. The first kappa shape index (κ1) is 19.5. The van der Waals surface area contributed by atoms with Crippen LogP contribution in [0.4, 0.5) is 0 Å². The number of carbonyl (C=O) groups is 2. The average molecular weight is 296 g/mol. The number of hydrogen-bond acceptors (Lipinski definition) is 4. The number of ether oxygens (including phenoxy) is 2. The molecule has 0 fully saturated rings. The van der Waals surface area contributed by atoms with Crippen LogP contribution in [-0.2, 0) is 19.1 Å². The number of allylic oxidation sites excluding steroid dienone is 1. The molecule has 0 aliphatic carbocycles. The van der Waals surface area contributed by atoms with Crippen molar-refractivity contribution < 1.29 is 19.1 Å². The Bertz CT molecular complexity index is 362. The molecule has 0 heterocycles. The lowest BCUT2D eigenvalue weighted by molar-refractivity contribution is -0.167. The van der Waals surface area contributed by atoms with E-state index in [-0.39, 0.29) is 6.42 Å². The second-order valence-electron chi connectivity index (χ2n) is 5.30. The van der Waals surface area contributed by atoms with Crippen molar-refractivity contribution in [1.29, 1.82) is 0 Å². The highest BCUT2D eigenvalue weighted by atomic mass is 16.5. The first-order chi connectivity index (χ1) is 10.0. The molecule has 0 aromatic rings. The number of hydrogen-bond donors (Lipinski definition) is 0. The third kappa shape index (κ3) is 7.14.